The quantitative estimate of drug-likeness (QED) is 0.785. The maximum Gasteiger partial charge on any atom is 0.265 e. The van der Waals surface area contributed by atoms with Crippen molar-refractivity contribution >= 4 is 19.7 Å². The zero-order valence-corrected chi connectivity index (χ0v) is 12.8. The van der Waals surface area contributed by atoms with Gasteiger partial charge in [-0.25, -0.2) is 8.42 Å². The van der Waals surface area contributed by atoms with E-state index in [9.17, 15) is 8.42 Å². The molecule has 1 saturated carbocycles. The van der Waals surface area contributed by atoms with E-state index < -0.39 is 9.05 Å². The van der Waals surface area contributed by atoms with Crippen molar-refractivity contribution in [3.63, 3.8) is 0 Å². The molecule has 21 heavy (non-hydrogen) atoms. The van der Waals surface area contributed by atoms with Crippen LogP contribution in [0.3, 0.4) is 0 Å². The second kappa shape index (κ2) is 5.31. The van der Waals surface area contributed by atoms with Crippen molar-refractivity contribution in [1.82, 2.24) is 10.1 Å². The van der Waals surface area contributed by atoms with Crippen LogP contribution in [0.15, 0.2) is 27.6 Å². The van der Waals surface area contributed by atoms with Crippen molar-refractivity contribution in [2.45, 2.75) is 30.6 Å². The molecular weight excluding hydrogens is 316 g/mol. The van der Waals surface area contributed by atoms with Crippen molar-refractivity contribution in [2.24, 2.45) is 0 Å². The van der Waals surface area contributed by atoms with Crippen molar-refractivity contribution < 1.29 is 17.7 Å². The molecule has 2 aromatic rings. The summed E-state index contributed by atoms with van der Waals surface area (Å²) in [5, 5.41) is 3.88. The average molecular weight is 329 g/mol. The lowest BCUT2D eigenvalue weighted by molar-refractivity contribution is 0.331. The van der Waals surface area contributed by atoms with Gasteiger partial charge in [0.2, 0.25) is 11.7 Å². The lowest BCUT2D eigenvalue weighted by Crippen LogP contribution is -2.00. The van der Waals surface area contributed by atoms with Gasteiger partial charge in [0.1, 0.15) is 10.6 Å². The van der Waals surface area contributed by atoms with E-state index in [1.807, 2.05) is 0 Å². The smallest absolute Gasteiger partial charge is 0.265 e. The molecule has 0 spiro atoms. The third kappa shape index (κ3) is 3.03. The van der Waals surface area contributed by atoms with Crippen LogP contribution in [0.5, 0.6) is 5.75 Å². The standard InChI is InChI=1S/C13H13ClN2O4S/c1-2-19-10-6-5-9(7-11(10)21(14,17)18)12-15-13(20-16-12)8-3-4-8/h5-8H,2-4H2,1H3. The van der Waals surface area contributed by atoms with Crippen molar-refractivity contribution in [2.75, 3.05) is 6.61 Å². The fourth-order valence-corrected chi connectivity index (χ4v) is 2.96. The molecule has 1 heterocycles. The van der Waals surface area contributed by atoms with Gasteiger partial charge in [0.15, 0.2) is 0 Å². The third-order valence-corrected chi connectivity index (χ3v) is 4.48. The molecule has 0 aliphatic heterocycles. The minimum Gasteiger partial charge on any atom is -0.492 e. The maximum atomic E-state index is 11.7. The van der Waals surface area contributed by atoms with E-state index in [-0.39, 0.29) is 10.6 Å². The minimum atomic E-state index is -3.92. The topological polar surface area (TPSA) is 82.3 Å². The summed E-state index contributed by atoms with van der Waals surface area (Å²) in [7, 11) is 1.53. The number of halogens is 1. The van der Waals surface area contributed by atoms with Crippen LogP contribution in [0, 0.1) is 0 Å². The van der Waals surface area contributed by atoms with Crippen molar-refractivity contribution in [1.29, 1.82) is 0 Å². The molecule has 3 rings (SSSR count). The number of rotatable bonds is 5. The number of nitrogens with zero attached hydrogens (tertiary/aromatic N) is 2. The van der Waals surface area contributed by atoms with Gasteiger partial charge in [-0.3, -0.25) is 0 Å². The van der Waals surface area contributed by atoms with Crippen LogP contribution in [0.4, 0.5) is 0 Å². The van der Waals surface area contributed by atoms with Gasteiger partial charge in [0, 0.05) is 22.2 Å². The Bertz CT molecular complexity index is 768. The summed E-state index contributed by atoms with van der Waals surface area (Å²) in [6.07, 6.45) is 2.10. The Morgan fingerprint density at radius 1 is 1.43 bits per heavy atom. The molecule has 6 nitrogen and oxygen atoms in total. The Hall–Kier alpha value is -1.60. The van der Waals surface area contributed by atoms with Crippen molar-refractivity contribution in [3.8, 4) is 17.1 Å². The second-order valence-corrected chi connectivity index (χ2v) is 7.30. The molecule has 1 aromatic heterocycles. The summed E-state index contributed by atoms with van der Waals surface area (Å²) in [4.78, 5) is 4.19. The Labute approximate surface area is 126 Å². The highest BCUT2D eigenvalue weighted by molar-refractivity contribution is 8.13. The highest BCUT2D eigenvalue weighted by Gasteiger charge is 2.30. The molecule has 0 saturated heterocycles. The third-order valence-electron chi connectivity index (χ3n) is 3.13. The number of hydrogen-bond acceptors (Lipinski definition) is 6. The summed E-state index contributed by atoms with van der Waals surface area (Å²) < 4.78 is 33.8. The molecule has 1 fully saturated rings. The number of ether oxygens (including phenoxy) is 1. The lowest BCUT2D eigenvalue weighted by Gasteiger charge is -2.08. The summed E-state index contributed by atoms with van der Waals surface area (Å²) in [6.45, 7) is 2.10. The van der Waals surface area contributed by atoms with E-state index in [0.29, 0.717) is 29.8 Å². The second-order valence-electron chi connectivity index (χ2n) is 4.76. The fraction of sp³-hybridized carbons (Fsp3) is 0.385. The van der Waals surface area contributed by atoms with Crippen molar-refractivity contribution in [3.05, 3.63) is 24.1 Å². The van der Waals surface area contributed by atoms with Gasteiger partial charge >= 0.3 is 0 Å². The summed E-state index contributed by atoms with van der Waals surface area (Å²) in [6, 6.07) is 4.62. The van der Waals surface area contributed by atoms with E-state index in [0.717, 1.165) is 12.8 Å². The highest BCUT2D eigenvalue weighted by atomic mass is 35.7. The lowest BCUT2D eigenvalue weighted by atomic mass is 10.2. The van der Waals surface area contributed by atoms with Crippen LogP contribution in [0.25, 0.3) is 11.4 Å². The first-order valence-electron chi connectivity index (χ1n) is 6.54. The fourth-order valence-electron chi connectivity index (χ4n) is 1.96. The SMILES string of the molecule is CCOc1ccc(-c2noc(C3CC3)n2)cc1S(=O)(=O)Cl. The molecule has 0 radical (unpaired) electrons. The van der Waals surface area contributed by atoms with Gasteiger partial charge in [-0.1, -0.05) is 5.16 Å². The molecule has 1 aliphatic rings. The van der Waals surface area contributed by atoms with Crippen LogP contribution in [-0.4, -0.2) is 25.2 Å². The molecule has 112 valence electrons. The van der Waals surface area contributed by atoms with Crippen LogP contribution >= 0.6 is 10.7 Å². The molecule has 8 heteroatoms. The molecule has 0 unspecified atom stereocenters. The summed E-state index contributed by atoms with van der Waals surface area (Å²) in [5.41, 5.74) is 0.522. The first-order valence-corrected chi connectivity index (χ1v) is 8.85. The molecular formula is C13H13ClN2O4S. The summed E-state index contributed by atoms with van der Waals surface area (Å²) in [5.74, 6) is 1.49. The average Bonchev–Trinajstić information content (AvgIpc) is 3.16. The van der Waals surface area contributed by atoms with Crippen LogP contribution in [0.2, 0.25) is 0 Å². The van der Waals surface area contributed by atoms with Crippen LogP contribution < -0.4 is 4.74 Å². The Morgan fingerprint density at radius 3 is 2.81 bits per heavy atom. The predicted molar refractivity (Wildman–Crippen MR) is 75.9 cm³/mol. The van der Waals surface area contributed by atoms with Crippen LogP contribution in [0.1, 0.15) is 31.6 Å². The molecule has 0 atom stereocenters. The zero-order chi connectivity index (χ0) is 15.0. The van der Waals surface area contributed by atoms with E-state index in [4.69, 9.17) is 19.9 Å². The molecule has 0 bridgehead atoms. The van der Waals surface area contributed by atoms with E-state index in [1.54, 1.807) is 19.1 Å². The van der Waals surface area contributed by atoms with Crippen LogP contribution in [-0.2, 0) is 9.05 Å². The molecule has 0 N–H and O–H groups in total. The zero-order valence-electron chi connectivity index (χ0n) is 11.2. The largest absolute Gasteiger partial charge is 0.492 e. The number of aromatic nitrogens is 2. The summed E-state index contributed by atoms with van der Waals surface area (Å²) >= 11 is 0. The molecule has 1 aromatic carbocycles. The highest BCUT2D eigenvalue weighted by Crippen LogP contribution is 2.40. The Morgan fingerprint density at radius 2 is 2.19 bits per heavy atom. The van der Waals surface area contributed by atoms with Gasteiger partial charge in [-0.2, -0.15) is 4.98 Å². The monoisotopic (exact) mass is 328 g/mol. The Kier molecular flexibility index (Phi) is 3.62. The van der Waals surface area contributed by atoms with E-state index in [2.05, 4.69) is 10.1 Å². The number of benzene rings is 1. The molecule has 1 aliphatic carbocycles. The van der Waals surface area contributed by atoms with Gasteiger partial charge < -0.3 is 9.26 Å². The minimum absolute atomic E-state index is 0.0960. The maximum absolute atomic E-state index is 11.7. The van der Waals surface area contributed by atoms with Gasteiger partial charge in [0.25, 0.3) is 9.05 Å². The van der Waals surface area contributed by atoms with Gasteiger partial charge in [0.05, 0.1) is 6.61 Å². The molecule has 0 amide bonds. The van der Waals surface area contributed by atoms with E-state index in [1.165, 1.54) is 6.07 Å². The Balaban J connectivity index is 2.02. The normalized spacial score (nSPS) is 15.1. The first kappa shape index (κ1) is 14.3. The van der Waals surface area contributed by atoms with Gasteiger partial charge in [-0.15, -0.1) is 0 Å². The van der Waals surface area contributed by atoms with E-state index >= 15 is 0 Å². The predicted octanol–water partition coefficient (Wildman–Crippen LogP) is 2.94. The first-order chi connectivity index (χ1) is 9.99. The number of hydrogen-bond donors (Lipinski definition) is 0. The van der Waals surface area contributed by atoms with Gasteiger partial charge in [-0.05, 0) is 38.0 Å².